The van der Waals surface area contributed by atoms with Crippen molar-refractivity contribution >= 4 is 21.6 Å². The summed E-state index contributed by atoms with van der Waals surface area (Å²) in [5.74, 6) is -0.358. The van der Waals surface area contributed by atoms with Gasteiger partial charge in [0, 0.05) is 13.1 Å². The fourth-order valence-electron chi connectivity index (χ4n) is 2.57. The zero-order valence-corrected chi connectivity index (χ0v) is 12.3. The molecule has 0 radical (unpaired) electrons. The van der Waals surface area contributed by atoms with Gasteiger partial charge in [0.25, 0.3) is 0 Å². The van der Waals surface area contributed by atoms with Gasteiger partial charge in [-0.15, -0.1) is 0 Å². The maximum absolute atomic E-state index is 14.4. The third-order valence-corrected chi connectivity index (χ3v) is 4.43. The number of nitrogens with zero attached hydrogens (tertiary/aromatic N) is 2. The second-order valence-corrected chi connectivity index (χ2v) is 5.61. The van der Waals surface area contributed by atoms with E-state index >= 15 is 0 Å². The Bertz CT molecular complexity index is 706. The number of anilines is 1. The van der Waals surface area contributed by atoms with Crippen LogP contribution in [0.1, 0.15) is 16.7 Å². The molecule has 0 aromatic heterocycles. The quantitative estimate of drug-likeness (QED) is 0.789. The van der Waals surface area contributed by atoms with Gasteiger partial charge in [0.2, 0.25) is 0 Å². The molecular weight excluding hydrogens is 319 g/mol. The highest BCUT2D eigenvalue weighted by molar-refractivity contribution is 9.10. The van der Waals surface area contributed by atoms with Crippen molar-refractivity contribution in [2.75, 3.05) is 11.4 Å². The summed E-state index contributed by atoms with van der Waals surface area (Å²) in [6.07, 6.45) is 0.910. The molecule has 0 bridgehead atoms. The molecule has 1 heterocycles. The highest BCUT2D eigenvalue weighted by Crippen LogP contribution is 2.32. The highest BCUT2D eigenvalue weighted by atomic mass is 79.9. The maximum Gasteiger partial charge on any atom is 0.161 e. The molecular formula is C16H12BrFN2. The first kappa shape index (κ1) is 13.1. The number of rotatable bonds is 1. The molecule has 0 N–H and O–H groups in total. The third-order valence-electron chi connectivity index (χ3n) is 3.65. The predicted octanol–water partition coefficient (Wildman–Crippen LogP) is 4.02. The smallest absolute Gasteiger partial charge is 0.161 e. The molecule has 0 spiro atoms. The van der Waals surface area contributed by atoms with E-state index in [9.17, 15) is 4.39 Å². The number of benzene rings is 2. The van der Waals surface area contributed by atoms with E-state index in [1.807, 2.05) is 23.1 Å². The van der Waals surface area contributed by atoms with Crippen molar-refractivity contribution in [1.82, 2.24) is 0 Å². The van der Waals surface area contributed by atoms with Crippen LogP contribution in [0.25, 0.3) is 0 Å². The standard InChI is InChI=1S/C16H12BrFN2/c17-15-12(9-19)5-6-14(16(15)18)20-8-7-11-3-1-2-4-13(11)10-20/h1-6H,7-8,10H2. The van der Waals surface area contributed by atoms with Crippen LogP contribution in [-0.4, -0.2) is 6.54 Å². The van der Waals surface area contributed by atoms with Gasteiger partial charge in [-0.25, -0.2) is 4.39 Å². The first-order valence-electron chi connectivity index (χ1n) is 6.40. The van der Waals surface area contributed by atoms with Crippen LogP contribution in [0.15, 0.2) is 40.9 Å². The Hall–Kier alpha value is -1.86. The summed E-state index contributed by atoms with van der Waals surface area (Å²) in [5.41, 5.74) is 3.43. The van der Waals surface area contributed by atoms with E-state index in [1.165, 1.54) is 11.1 Å². The molecule has 0 atom stereocenters. The third kappa shape index (κ3) is 2.19. The first-order chi connectivity index (χ1) is 9.70. The van der Waals surface area contributed by atoms with E-state index in [4.69, 9.17) is 5.26 Å². The zero-order valence-electron chi connectivity index (χ0n) is 10.7. The van der Waals surface area contributed by atoms with Crippen molar-refractivity contribution < 1.29 is 4.39 Å². The van der Waals surface area contributed by atoms with Gasteiger partial charge in [-0.3, -0.25) is 0 Å². The Morgan fingerprint density at radius 1 is 1.15 bits per heavy atom. The molecule has 0 fully saturated rings. The van der Waals surface area contributed by atoms with Gasteiger partial charge in [-0.05, 0) is 45.6 Å². The number of hydrogen-bond donors (Lipinski definition) is 0. The second-order valence-electron chi connectivity index (χ2n) is 4.81. The van der Waals surface area contributed by atoms with Crippen LogP contribution >= 0.6 is 15.9 Å². The largest absolute Gasteiger partial charge is 0.364 e. The summed E-state index contributed by atoms with van der Waals surface area (Å²) in [5, 5.41) is 8.91. The minimum absolute atomic E-state index is 0.247. The Morgan fingerprint density at radius 2 is 1.90 bits per heavy atom. The van der Waals surface area contributed by atoms with Crippen LogP contribution < -0.4 is 4.90 Å². The van der Waals surface area contributed by atoms with Crippen LogP contribution in [0, 0.1) is 17.1 Å². The molecule has 4 heteroatoms. The predicted molar refractivity (Wildman–Crippen MR) is 80.0 cm³/mol. The molecule has 2 aromatic carbocycles. The minimum Gasteiger partial charge on any atom is -0.364 e. The molecule has 0 amide bonds. The normalized spacial score (nSPS) is 13.8. The minimum atomic E-state index is -0.358. The highest BCUT2D eigenvalue weighted by Gasteiger charge is 2.20. The molecule has 100 valence electrons. The van der Waals surface area contributed by atoms with Crippen LogP contribution in [-0.2, 0) is 13.0 Å². The second kappa shape index (κ2) is 5.26. The lowest BCUT2D eigenvalue weighted by Crippen LogP contribution is -2.31. The Labute approximate surface area is 125 Å². The molecule has 0 saturated carbocycles. The van der Waals surface area contributed by atoms with Crippen LogP contribution in [0.4, 0.5) is 10.1 Å². The van der Waals surface area contributed by atoms with Gasteiger partial charge in [0.05, 0.1) is 15.7 Å². The molecule has 0 unspecified atom stereocenters. The average molecular weight is 331 g/mol. The molecule has 0 saturated heterocycles. The number of fused-ring (bicyclic) bond motifs is 1. The lowest BCUT2D eigenvalue weighted by atomic mass is 9.99. The van der Waals surface area contributed by atoms with Crippen molar-refractivity contribution in [1.29, 1.82) is 5.26 Å². The molecule has 20 heavy (non-hydrogen) atoms. The molecule has 1 aliphatic heterocycles. The van der Waals surface area contributed by atoms with Gasteiger partial charge in [-0.1, -0.05) is 24.3 Å². The average Bonchev–Trinajstić information content (AvgIpc) is 2.49. The fourth-order valence-corrected chi connectivity index (χ4v) is 3.00. The van der Waals surface area contributed by atoms with Crippen molar-refractivity contribution in [3.8, 4) is 6.07 Å². The first-order valence-corrected chi connectivity index (χ1v) is 7.20. The summed E-state index contributed by atoms with van der Waals surface area (Å²) in [4.78, 5) is 2.02. The number of halogens is 2. The van der Waals surface area contributed by atoms with E-state index in [0.29, 0.717) is 17.8 Å². The van der Waals surface area contributed by atoms with Crippen LogP contribution in [0.2, 0.25) is 0 Å². The van der Waals surface area contributed by atoms with E-state index in [-0.39, 0.29) is 10.3 Å². The van der Waals surface area contributed by atoms with Crippen molar-refractivity contribution in [3.05, 3.63) is 63.4 Å². The topological polar surface area (TPSA) is 27.0 Å². The van der Waals surface area contributed by atoms with E-state index in [0.717, 1.165) is 13.0 Å². The van der Waals surface area contributed by atoms with Gasteiger partial charge in [0.15, 0.2) is 5.82 Å². The molecule has 3 rings (SSSR count). The fraction of sp³-hybridized carbons (Fsp3) is 0.188. The summed E-state index contributed by atoms with van der Waals surface area (Å²) >= 11 is 3.17. The summed E-state index contributed by atoms with van der Waals surface area (Å²) in [6, 6.07) is 13.6. The van der Waals surface area contributed by atoms with Gasteiger partial charge < -0.3 is 4.90 Å². The molecule has 1 aliphatic rings. The summed E-state index contributed by atoms with van der Waals surface area (Å²) in [7, 11) is 0. The molecule has 0 aliphatic carbocycles. The van der Waals surface area contributed by atoms with Crippen LogP contribution in [0.3, 0.4) is 0 Å². The monoisotopic (exact) mass is 330 g/mol. The summed E-state index contributed by atoms with van der Waals surface area (Å²) in [6.45, 7) is 1.48. The van der Waals surface area contributed by atoms with E-state index in [2.05, 4.69) is 28.1 Å². The van der Waals surface area contributed by atoms with Crippen molar-refractivity contribution in [2.45, 2.75) is 13.0 Å². The van der Waals surface area contributed by atoms with Gasteiger partial charge in [-0.2, -0.15) is 5.26 Å². The van der Waals surface area contributed by atoms with Gasteiger partial charge >= 0.3 is 0 Å². The Kier molecular flexibility index (Phi) is 3.45. The van der Waals surface area contributed by atoms with Crippen molar-refractivity contribution in [2.24, 2.45) is 0 Å². The lowest BCUT2D eigenvalue weighted by molar-refractivity contribution is 0.604. The van der Waals surface area contributed by atoms with E-state index < -0.39 is 0 Å². The molecule has 2 aromatic rings. The van der Waals surface area contributed by atoms with Crippen molar-refractivity contribution in [3.63, 3.8) is 0 Å². The SMILES string of the molecule is N#Cc1ccc(N2CCc3ccccc3C2)c(F)c1Br. The van der Waals surface area contributed by atoms with Crippen LogP contribution in [0.5, 0.6) is 0 Å². The molecule has 2 nitrogen and oxygen atoms in total. The summed E-state index contributed by atoms with van der Waals surface area (Å²) < 4.78 is 14.6. The van der Waals surface area contributed by atoms with E-state index in [1.54, 1.807) is 12.1 Å². The number of nitriles is 1. The zero-order chi connectivity index (χ0) is 14.1. The Morgan fingerprint density at radius 3 is 2.65 bits per heavy atom. The van der Waals surface area contributed by atoms with Gasteiger partial charge in [0.1, 0.15) is 6.07 Å². The maximum atomic E-state index is 14.4. The number of hydrogen-bond acceptors (Lipinski definition) is 2. The Balaban J connectivity index is 1.96. The lowest BCUT2D eigenvalue weighted by Gasteiger charge is -2.31.